The number of hydrogen-bond acceptors (Lipinski definition) is 5. The Bertz CT molecular complexity index is 329. The van der Waals surface area contributed by atoms with Crippen LogP contribution in [0.2, 0.25) is 0 Å². The Hall–Kier alpha value is -0.560. The summed E-state index contributed by atoms with van der Waals surface area (Å²) in [7, 11) is 0. The van der Waals surface area contributed by atoms with E-state index in [0.29, 0.717) is 0 Å². The van der Waals surface area contributed by atoms with E-state index in [1.165, 1.54) is 0 Å². The molecule has 0 aliphatic rings. The summed E-state index contributed by atoms with van der Waals surface area (Å²) in [5, 5.41) is 15.7. The quantitative estimate of drug-likeness (QED) is 0.463. The third kappa shape index (κ3) is 2.94. The van der Waals surface area contributed by atoms with Gasteiger partial charge in [-0.1, -0.05) is 0 Å². The van der Waals surface area contributed by atoms with Gasteiger partial charge in [-0.25, -0.2) is 4.79 Å². The summed E-state index contributed by atoms with van der Waals surface area (Å²) in [4.78, 5) is 10.9. The Morgan fingerprint density at radius 2 is 2.53 bits per heavy atom. The van der Waals surface area contributed by atoms with Crippen LogP contribution < -0.4 is 11.1 Å². The number of hydrogen-bond donors (Lipinski definition) is 4. The first kappa shape index (κ1) is 12.5. The van der Waals surface area contributed by atoms with Crippen LogP contribution in [0, 0.1) is 0 Å². The molecular formula is C9H14N2O2S2. The lowest BCUT2D eigenvalue weighted by Gasteiger charge is -2.27. The fourth-order valence-electron chi connectivity index (χ4n) is 1.17. The molecule has 15 heavy (non-hydrogen) atoms. The number of thiophene rings is 1. The lowest BCUT2D eigenvalue weighted by Crippen LogP contribution is -2.61. The minimum atomic E-state index is -1.48. The fraction of sp³-hybridized carbons (Fsp3) is 0.444. The molecule has 1 unspecified atom stereocenters. The normalized spacial score (nSPS) is 17.0. The SMILES string of the molecule is CC(N[C@@](N)(CS)C(=O)O)c1ccsc1. The molecule has 0 bridgehead atoms. The van der Waals surface area contributed by atoms with Gasteiger partial charge in [0.1, 0.15) is 0 Å². The maximum Gasteiger partial charge on any atom is 0.339 e. The summed E-state index contributed by atoms with van der Waals surface area (Å²) in [5.74, 6) is -1.06. The lowest BCUT2D eigenvalue weighted by atomic mass is 10.1. The van der Waals surface area contributed by atoms with Crippen LogP contribution in [0.15, 0.2) is 16.8 Å². The first-order valence-corrected chi connectivity index (χ1v) is 6.00. The minimum Gasteiger partial charge on any atom is -0.479 e. The van der Waals surface area contributed by atoms with E-state index in [4.69, 9.17) is 10.8 Å². The van der Waals surface area contributed by atoms with Crippen molar-refractivity contribution in [3.8, 4) is 0 Å². The number of nitrogens with two attached hydrogens (primary N) is 1. The predicted molar refractivity (Wildman–Crippen MR) is 64.3 cm³/mol. The van der Waals surface area contributed by atoms with Gasteiger partial charge in [-0.3, -0.25) is 5.32 Å². The van der Waals surface area contributed by atoms with Gasteiger partial charge < -0.3 is 10.8 Å². The molecule has 1 rings (SSSR count). The molecule has 0 spiro atoms. The molecule has 4 nitrogen and oxygen atoms in total. The van der Waals surface area contributed by atoms with Gasteiger partial charge in [-0.2, -0.15) is 24.0 Å². The Labute approximate surface area is 97.9 Å². The third-order valence-corrected chi connectivity index (χ3v) is 3.35. The summed E-state index contributed by atoms with van der Waals surface area (Å²) in [6.07, 6.45) is 0. The number of rotatable bonds is 5. The molecule has 0 amide bonds. The van der Waals surface area contributed by atoms with Crippen LogP contribution in [0.1, 0.15) is 18.5 Å². The van der Waals surface area contributed by atoms with Gasteiger partial charge in [0.05, 0.1) is 0 Å². The second-order valence-electron chi connectivity index (χ2n) is 3.36. The van der Waals surface area contributed by atoms with E-state index in [1.807, 2.05) is 23.8 Å². The summed E-state index contributed by atoms with van der Waals surface area (Å²) in [5.41, 5.74) is 5.21. The fourth-order valence-corrected chi connectivity index (χ4v) is 2.15. The predicted octanol–water partition coefficient (Wildman–Crippen LogP) is 1.07. The van der Waals surface area contributed by atoms with Crippen molar-refractivity contribution >= 4 is 29.9 Å². The molecule has 0 fully saturated rings. The van der Waals surface area contributed by atoms with E-state index in [1.54, 1.807) is 11.3 Å². The average Bonchev–Trinajstić information content (AvgIpc) is 2.70. The van der Waals surface area contributed by atoms with Crippen molar-refractivity contribution in [1.29, 1.82) is 0 Å². The highest BCUT2D eigenvalue weighted by atomic mass is 32.1. The van der Waals surface area contributed by atoms with Crippen LogP contribution in [0.4, 0.5) is 0 Å². The lowest BCUT2D eigenvalue weighted by molar-refractivity contribution is -0.144. The van der Waals surface area contributed by atoms with Gasteiger partial charge in [-0.05, 0) is 29.3 Å². The van der Waals surface area contributed by atoms with Gasteiger partial charge in [0.25, 0.3) is 0 Å². The Morgan fingerprint density at radius 1 is 1.87 bits per heavy atom. The molecule has 0 aromatic carbocycles. The van der Waals surface area contributed by atoms with Gasteiger partial charge in [-0.15, -0.1) is 0 Å². The molecule has 1 aromatic heterocycles. The van der Waals surface area contributed by atoms with Crippen LogP contribution in [0.5, 0.6) is 0 Å². The molecule has 0 radical (unpaired) electrons. The first-order chi connectivity index (χ1) is 6.99. The second kappa shape index (κ2) is 4.98. The molecule has 1 heterocycles. The van der Waals surface area contributed by atoms with Gasteiger partial charge in [0.15, 0.2) is 5.66 Å². The van der Waals surface area contributed by atoms with Crippen LogP contribution >= 0.6 is 24.0 Å². The summed E-state index contributed by atoms with van der Waals surface area (Å²) in [6, 6.07) is 1.83. The number of aliphatic carboxylic acids is 1. The molecule has 1 aromatic rings. The summed E-state index contributed by atoms with van der Waals surface area (Å²) < 4.78 is 0. The number of carboxylic acids is 1. The average molecular weight is 246 g/mol. The summed E-state index contributed by atoms with van der Waals surface area (Å²) >= 11 is 5.51. The van der Waals surface area contributed by atoms with Crippen molar-refractivity contribution in [1.82, 2.24) is 5.32 Å². The van der Waals surface area contributed by atoms with E-state index < -0.39 is 11.6 Å². The van der Waals surface area contributed by atoms with Crippen molar-refractivity contribution in [3.63, 3.8) is 0 Å². The maximum absolute atomic E-state index is 10.9. The van der Waals surface area contributed by atoms with Crippen LogP contribution in [-0.4, -0.2) is 22.5 Å². The Morgan fingerprint density at radius 3 is 2.93 bits per heavy atom. The molecule has 4 N–H and O–H groups in total. The summed E-state index contributed by atoms with van der Waals surface area (Å²) in [6.45, 7) is 1.87. The van der Waals surface area contributed by atoms with Crippen molar-refractivity contribution < 1.29 is 9.90 Å². The number of carboxylic acid groups (broad SMARTS) is 1. The number of carbonyl (C=O) groups is 1. The first-order valence-electron chi connectivity index (χ1n) is 4.42. The highest BCUT2D eigenvalue weighted by Crippen LogP contribution is 2.18. The highest BCUT2D eigenvalue weighted by molar-refractivity contribution is 7.80. The van der Waals surface area contributed by atoms with E-state index >= 15 is 0 Å². The van der Waals surface area contributed by atoms with Crippen LogP contribution in [-0.2, 0) is 4.79 Å². The molecule has 2 atom stereocenters. The zero-order chi connectivity index (χ0) is 11.5. The molecule has 0 aliphatic carbocycles. The van der Waals surface area contributed by atoms with E-state index in [9.17, 15) is 4.79 Å². The molecular weight excluding hydrogens is 232 g/mol. The Balaban J connectivity index is 2.72. The Kier molecular flexibility index (Phi) is 4.15. The van der Waals surface area contributed by atoms with Gasteiger partial charge >= 0.3 is 5.97 Å². The topological polar surface area (TPSA) is 75.3 Å². The monoisotopic (exact) mass is 246 g/mol. The van der Waals surface area contributed by atoms with Crippen LogP contribution in [0.25, 0.3) is 0 Å². The smallest absolute Gasteiger partial charge is 0.339 e. The zero-order valence-corrected chi connectivity index (χ0v) is 10.0. The standard InChI is InChI=1S/C9H14N2O2S2/c1-6(7-2-3-15-4-7)11-9(10,5-14)8(12)13/h2-4,6,11,14H,5,10H2,1H3,(H,12,13)/t6?,9-/m0/s1. The van der Waals surface area contributed by atoms with Gasteiger partial charge in [0, 0.05) is 11.8 Å². The second-order valence-corrected chi connectivity index (χ2v) is 4.45. The van der Waals surface area contributed by atoms with Crippen LogP contribution in [0.3, 0.4) is 0 Å². The van der Waals surface area contributed by atoms with Crippen molar-refractivity contribution in [2.75, 3.05) is 5.75 Å². The molecule has 0 saturated heterocycles. The maximum atomic E-state index is 10.9. The third-order valence-electron chi connectivity index (χ3n) is 2.15. The van der Waals surface area contributed by atoms with Crippen molar-refractivity contribution in [3.05, 3.63) is 22.4 Å². The minimum absolute atomic E-state index is 0.0385. The highest BCUT2D eigenvalue weighted by Gasteiger charge is 2.33. The van der Waals surface area contributed by atoms with Crippen molar-refractivity contribution in [2.45, 2.75) is 18.6 Å². The molecule has 0 saturated carbocycles. The largest absolute Gasteiger partial charge is 0.479 e. The van der Waals surface area contributed by atoms with Gasteiger partial charge in [0.2, 0.25) is 0 Å². The van der Waals surface area contributed by atoms with E-state index in [-0.39, 0.29) is 11.8 Å². The molecule has 0 aliphatic heterocycles. The number of nitrogens with one attached hydrogen (secondary N) is 1. The molecule has 84 valence electrons. The molecule has 6 heteroatoms. The van der Waals surface area contributed by atoms with Crippen molar-refractivity contribution in [2.24, 2.45) is 5.73 Å². The van der Waals surface area contributed by atoms with E-state index in [2.05, 4.69) is 17.9 Å². The van der Waals surface area contributed by atoms with E-state index in [0.717, 1.165) is 5.56 Å². The zero-order valence-electron chi connectivity index (χ0n) is 8.30. The number of thiol groups is 1.